The lowest BCUT2D eigenvalue weighted by atomic mass is 10.1. The van der Waals surface area contributed by atoms with Crippen LogP contribution in [0.4, 0.5) is 0 Å². The van der Waals surface area contributed by atoms with E-state index in [-0.39, 0.29) is 36.6 Å². The molecule has 1 fully saturated rings. The first-order chi connectivity index (χ1) is 10.2. The largest absolute Gasteiger partial charge is 0.356 e. The number of nitrogens with one attached hydrogen (secondary N) is 2. The highest BCUT2D eigenvalue weighted by atomic mass is 35.5. The molecule has 4 nitrogen and oxygen atoms in total. The molecule has 0 aromatic heterocycles. The molecule has 1 aromatic carbocycles. The van der Waals surface area contributed by atoms with E-state index in [0.29, 0.717) is 6.04 Å². The minimum absolute atomic E-state index is 0. The number of halogens is 2. The summed E-state index contributed by atoms with van der Waals surface area (Å²) < 4.78 is 0. The molecule has 1 aliphatic heterocycles. The van der Waals surface area contributed by atoms with Gasteiger partial charge in [0, 0.05) is 25.7 Å². The molecule has 2 atom stereocenters. The molecule has 0 spiro atoms. The summed E-state index contributed by atoms with van der Waals surface area (Å²) >= 11 is 0. The average molecular weight is 362 g/mol. The smallest absolute Gasteiger partial charge is 0.224 e. The molecule has 1 aliphatic rings. The Morgan fingerprint density at radius 1 is 1.35 bits per heavy atom. The lowest BCUT2D eigenvalue weighted by Crippen LogP contribution is -2.36. The minimum Gasteiger partial charge on any atom is -0.356 e. The van der Waals surface area contributed by atoms with Gasteiger partial charge in [0.1, 0.15) is 0 Å². The number of carbonyl (C=O) groups excluding carboxylic acids is 1. The zero-order valence-corrected chi connectivity index (χ0v) is 15.6. The third-order valence-electron chi connectivity index (χ3n) is 4.32. The van der Waals surface area contributed by atoms with E-state index in [0.717, 1.165) is 39.0 Å². The van der Waals surface area contributed by atoms with Crippen LogP contribution in [0.25, 0.3) is 0 Å². The number of nitrogens with zero attached hydrogens (tertiary/aromatic N) is 1. The molecule has 132 valence electrons. The van der Waals surface area contributed by atoms with Crippen LogP contribution in [0.3, 0.4) is 0 Å². The molecule has 2 rings (SSSR count). The number of benzene rings is 1. The number of rotatable bonds is 7. The Hall–Kier alpha value is -0.810. The van der Waals surface area contributed by atoms with Crippen LogP contribution in [0.5, 0.6) is 0 Å². The molecule has 1 aromatic rings. The Morgan fingerprint density at radius 2 is 2.04 bits per heavy atom. The Bertz CT molecular complexity index is 439. The molecule has 2 unspecified atom stereocenters. The average Bonchev–Trinajstić information content (AvgIpc) is 3.02. The number of hydrogen-bond donors (Lipinski definition) is 2. The van der Waals surface area contributed by atoms with Crippen LogP contribution in [0.2, 0.25) is 0 Å². The normalized spacial score (nSPS) is 18.0. The van der Waals surface area contributed by atoms with Gasteiger partial charge in [-0.2, -0.15) is 0 Å². The molecule has 0 bridgehead atoms. The molecular weight excluding hydrogens is 333 g/mol. The van der Waals surface area contributed by atoms with Crippen LogP contribution in [0, 0.1) is 5.92 Å². The second-order valence-corrected chi connectivity index (χ2v) is 6.02. The highest BCUT2D eigenvalue weighted by Gasteiger charge is 2.22. The summed E-state index contributed by atoms with van der Waals surface area (Å²) in [6.07, 6.45) is 1.95. The Labute approximate surface area is 152 Å². The van der Waals surface area contributed by atoms with Crippen LogP contribution in [-0.4, -0.2) is 43.5 Å². The lowest BCUT2D eigenvalue weighted by molar-refractivity contribution is -0.124. The highest BCUT2D eigenvalue weighted by molar-refractivity contribution is 5.85. The van der Waals surface area contributed by atoms with Gasteiger partial charge in [-0.1, -0.05) is 30.3 Å². The van der Waals surface area contributed by atoms with Crippen molar-refractivity contribution in [2.45, 2.75) is 32.4 Å². The van der Waals surface area contributed by atoms with E-state index in [1.54, 1.807) is 0 Å². The molecule has 23 heavy (non-hydrogen) atoms. The van der Waals surface area contributed by atoms with Gasteiger partial charge in [0.15, 0.2) is 0 Å². The van der Waals surface area contributed by atoms with Crippen LogP contribution in [0.1, 0.15) is 25.3 Å². The standard InChI is InChI=1S/C17H27N3O.2ClH/c1-14(20(2)13-15-6-4-3-5-7-15)8-11-19-17(21)16-9-10-18-12-16;;/h3-7,14,16,18H,8-13H2,1-2H3,(H,19,21);2*1H. The van der Waals surface area contributed by atoms with E-state index in [1.165, 1.54) is 5.56 Å². The van der Waals surface area contributed by atoms with Gasteiger partial charge in [0.2, 0.25) is 5.91 Å². The quantitative estimate of drug-likeness (QED) is 0.783. The Balaban J connectivity index is 0.00000242. The van der Waals surface area contributed by atoms with Crippen LogP contribution in [0.15, 0.2) is 30.3 Å². The van der Waals surface area contributed by atoms with Gasteiger partial charge in [-0.3, -0.25) is 9.69 Å². The second kappa shape index (κ2) is 11.7. The van der Waals surface area contributed by atoms with Gasteiger partial charge in [-0.15, -0.1) is 24.8 Å². The zero-order valence-electron chi connectivity index (χ0n) is 14.0. The van der Waals surface area contributed by atoms with Crippen LogP contribution in [-0.2, 0) is 11.3 Å². The SMILES string of the molecule is CC(CCNC(=O)C1CCNC1)N(C)Cc1ccccc1.Cl.Cl. The van der Waals surface area contributed by atoms with Gasteiger partial charge in [0.25, 0.3) is 0 Å². The first-order valence-electron chi connectivity index (χ1n) is 7.89. The fraction of sp³-hybridized carbons (Fsp3) is 0.588. The first-order valence-corrected chi connectivity index (χ1v) is 7.89. The first kappa shape index (κ1) is 22.2. The van der Waals surface area contributed by atoms with Gasteiger partial charge >= 0.3 is 0 Å². The zero-order chi connectivity index (χ0) is 15.1. The summed E-state index contributed by atoms with van der Waals surface area (Å²) in [6.45, 7) is 5.72. The number of carbonyl (C=O) groups is 1. The van der Waals surface area contributed by atoms with Crippen molar-refractivity contribution in [1.29, 1.82) is 0 Å². The molecule has 1 saturated heterocycles. The highest BCUT2D eigenvalue weighted by Crippen LogP contribution is 2.09. The summed E-state index contributed by atoms with van der Waals surface area (Å²) in [5.74, 6) is 0.375. The summed E-state index contributed by atoms with van der Waals surface area (Å²) in [5.41, 5.74) is 1.33. The summed E-state index contributed by atoms with van der Waals surface area (Å²) in [7, 11) is 2.14. The maximum absolute atomic E-state index is 11.9. The van der Waals surface area contributed by atoms with Crippen molar-refractivity contribution in [1.82, 2.24) is 15.5 Å². The van der Waals surface area contributed by atoms with Crippen molar-refractivity contribution in [3.05, 3.63) is 35.9 Å². The molecular formula is C17H29Cl2N3O. The number of hydrogen-bond acceptors (Lipinski definition) is 3. The monoisotopic (exact) mass is 361 g/mol. The van der Waals surface area contributed by atoms with Crippen molar-refractivity contribution in [2.75, 3.05) is 26.7 Å². The number of amides is 1. The summed E-state index contributed by atoms with van der Waals surface area (Å²) in [4.78, 5) is 14.3. The fourth-order valence-electron chi connectivity index (χ4n) is 2.67. The molecule has 0 aliphatic carbocycles. The predicted octanol–water partition coefficient (Wildman–Crippen LogP) is 2.47. The van der Waals surface area contributed by atoms with Crippen molar-refractivity contribution in [2.24, 2.45) is 5.92 Å². The molecule has 0 radical (unpaired) electrons. The third kappa shape index (κ3) is 7.53. The molecule has 6 heteroatoms. The molecule has 1 heterocycles. The topological polar surface area (TPSA) is 44.4 Å². The molecule has 2 N–H and O–H groups in total. The molecule has 0 saturated carbocycles. The fourth-order valence-corrected chi connectivity index (χ4v) is 2.67. The van der Waals surface area contributed by atoms with E-state index in [1.807, 2.05) is 6.07 Å². The summed E-state index contributed by atoms with van der Waals surface area (Å²) in [6, 6.07) is 10.9. The second-order valence-electron chi connectivity index (χ2n) is 6.02. The maximum atomic E-state index is 11.9. The van der Waals surface area contributed by atoms with Crippen LogP contribution < -0.4 is 10.6 Å². The van der Waals surface area contributed by atoms with Gasteiger partial charge in [0.05, 0.1) is 5.92 Å². The van der Waals surface area contributed by atoms with E-state index >= 15 is 0 Å². The summed E-state index contributed by atoms with van der Waals surface area (Å²) in [5, 5.41) is 6.30. The van der Waals surface area contributed by atoms with Crippen molar-refractivity contribution in [3.8, 4) is 0 Å². The van der Waals surface area contributed by atoms with E-state index in [4.69, 9.17) is 0 Å². The van der Waals surface area contributed by atoms with E-state index in [9.17, 15) is 4.79 Å². The lowest BCUT2D eigenvalue weighted by Gasteiger charge is -2.25. The van der Waals surface area contributed by atoms with E-state index < -0.39 is 0 Å². The van der Waals surface area contributed by atoms with Crippen LogP contribution >= 0.6 is 24.8 Å². The Morgan fingerprint density at radius 3 is 2.65 bits per heavy atom. The molecule has 1 amide bonds. The predicted molar refractivity (Wildman–Crippen MR) is 100 cm³/mol. The van der Waals surface area contributed by atoms with Crippen molar-refractivity contribution in [3.63, 3.8) is 0 Å². The van der Waals surface area contributed by atoms with Crippen molar-refractivity contribution >= 4 is 30.7 Å². The Kier molecular flexibility index (Phi) is 11.3. The van der Waals surface area contributed by atoms with Gasteiger partial charge < -0.3 is 10.6 Å². The van der Waals surface area contributed by atoms with Gasteiger partial charge in [-0.25, -0.2) is 0 Å². The van der Waals surface area contributed by atoms with E-state index in [2.05, 4.69) is 53.8 Å². The third-order valence-corrected chi connectivity index (χ3v) is 4.32. The van der Waals surface area contributed by atoms with Gasteiger partial charge in [-0.05, 0) is 38.9 Å². The minimum atomic E-state index is 0. The maximum Gasteiger partial charge on any atom is 0.224 e. The van der Waals surface area contributed by atoms with Crippen molar-refractivity contribution < 1.29 is 4.79 Å².